The van der Waals surface area contributed by atoms with Crippen molar-refractivity contribution < 1.29 is 18.0 Å². The molecule has 1 amide bonds. The number of thioether (sulfide) groups is 1. The van der Waals surface area contributed by atoms with Crippen molar-refractivity contribution in [2.75, 3.05) is 29.1 Å². The first-order valence-electron chi connectivity index (χ1n) is 12.8. The van der Waals surface area contributed by atoms with Crippen LogP contribution in [0.25, 0.3) is 10.9 Å². The molecule has 3 aromatic carbocycles. The van der Waals surface area contributed by atoms with Crippen LogP contribution >= 0.6 is 23.4 Å². The van der Waals surface area contributed by atoms with Gasteiger partial charge in [-0.05, 0) is 61.2 Å². The number of halogens is 4. The average molecular weight is 587 g/mol. The maximum Gasteiger partial charge on any atom is 0.416 e. The zero-order valence-electron chi connectivity index (χ0n) is 21.4. The molecule has 1 aliphatic rings. The van der Waals surface area contributed by atoms with Gasteiger partial charge in [0, 0.05) is 18.8 Å². The van der Waals surface area contributed by atoms with Crippen LogP contribution in [0, 0.1) is 0 Å². The van der Waals surface area contributed by atoms with Gasteiger partial charge in [-0.2, -0.15) is 13.2 Å². The lowest BCUT2D eigenvalue weighted by Gasteiger charge is -2.29. The lowest BCUT2D eigenvalue weighted by molar-refractivity contribution is -0.137. The Labute approximate surface area is 238 Å². The fourth-order valence-electron chi connectivity index (χ4n) is 4.67. The Hall–Kier alpha value is -3.50. The highest BCUT2D eigenvalue weighted by Gasteiger charge is 2.31. The van der Waals surface area contributed by atoms with Gasteiger partial charge in [-0.1, -0.05) is 53.7 Å². The Morgan fingerprint density at radius 2 is 1.75 bits per heavy atom. The number of rotatable bonds is 7. The summed E-state index contributed by atoms with van der Waals surface area (Å²) in [4.78, 5) is 33.5. The number of nitrogens with zero attached hydrogens (tertiary/aromatic N) is 3. The quantitative estimate of drug-likeness (QED) is 0.190. The number of fused-ring (bicyclic) bond motifs is 1. The second-order valence-corrected chi connectivity index (χ2v) is 10.9. The highest BCUT2D eigenvalue weighted by molar-refractivity contribution is 7.99. The lowest BCUT2D eigenvalue weighted by Crippen LogP contribution is -2.30. The van der Waals surface area contributed by atoms with Crippen molar-refractivity contribution in [2.45, 2.75) is 37.1 Å². The smallest absolute Gasteiger partial charge is 0.372 e. The van der Waals surface area contributed by atoms with Gasteiger partial charge in [0.2, 0.25) is 5.91 Å². The Morgan fingerprint density at radius 3 is 2.48 bits per heavy atom. The van der Waals surface area contributed by atoms with Crippen molar-refractivity contribution in [2.24, 2.45) is 0 Å². The van der Waals surface area contributed by atoms with Gasteiger partial charge in [-0.15, -0.1) is 0 Å². The minimum absolute atomic E-state index is 0.0133. The molecule has 0 atom stereocenters. The number of anilines is 2. The molecule has 1 fully saturated rings. The maximum absolute atomic E-state index is 13.8. The number of hydrogen-bond acceptors (Lipinski definition) is 5. The van der Waals surface area contributed by atoms with Gasteiger partial charge in [0.25, 0.3) is 5.56 Å². The van der Waals surface area contributed by atoms with Gasteiger partial charge in [0.15, 0.2) is 5.16 Å². The summed E-state index contributed by atoms with van der Waals surface area (Å²) in [5.74, 6) is -0.766. The molecule has 1 N–H and O–H groups in total. The SMILES string of the molecule is O=C(CSc1nc2ccc(N3CCCCC3)cc2c(=O)n1Cc1ccccc1)Nc1cc(C(F)(F)F)ccc1Cl. The van der Waals surface area contributed by atoms with E-state index in [4.69, 9.17) is 16.6 Å². The topological polar surface area (TPSA) is 67.2 Å². The summed E-state index contributed by atoms with van der Waals surface area (Å²) in [6.07, 6.45) is -1.16. The minimum Gasteiger partial charge on any atom is -0.372 e. The van der Waals surface area contributed by atoms with Gasteiger partial charge in [0.1, 0.15) is 0 Å². The van der Waals surface area contributed by atoms with E-state index in [9.17, 15) is 22.8 Å². The third kappa shape index (κ3) is 6.45. The first-order valence-corrected chi connectivity index (χ1v) is 14.2. The van der Waals surface area contributed by atoms with E-state index in [1.165, 1.54) is 11.0 Å². The first-order chi connectivity index (χ1) is 19.2. The molecule has 0 spiro atoms. The second-order valence-electron chi connectivity index (χ2n) is 9.55. The molecule has 1 saturated heterocycles. The van der Waals surface area contributed by atoms with Crippen LogP contribution in [0.2, 0.25) is 5.02 Å². The largest absolute Gasteiger partial charge is 0.416 e. The van der Waals surface area contributed by atoms with Gasteiger partial charge in [-0.3, -0.25) is 14.2 Å². The average Bonchev–Trinajstić information content (AvgIpc) is 2.95. The number of carbonyl (C=O) groups excluding carboxylic acids is 1. The fourth-order valence-corrected chi connectivity index (χ4v) is 5.63. The van der Waals surface area contributed by atoms with Gasteiger partial charge in [0.05, 0.1) is 39.5 Å². The standard InChI is InChI=1S/C29H26ClF3N4O2S/c30-23-11-9-20(29(31,32)33)15-25(23)34-26(38)18-40-28-35-24-12-10-21(36-13-5-2-6-14-36)16-22(24)27(39)37(28)17-19-7-3-1-4-8-19/h1,3-4,7-12,15-16H,2,5-6,13-14,17-18H2,(H,34,38). The third-order valence-corrected chi connectivity index (χ3v) is 8.01. The van der Waals surface area contributed by atoms with Gasteiger partial charge >= 0.3 is 6.18 Å². The summed E-state index contributed by atoms with van der Waals surface area (Å²) in [5, 5.41) is 3.25. The molecule has 11 heteroatoms. The summed E-state index contributed by atoms with van der Waals surface area (Å²) in [6, 6.07) is 17.8. The van der Waals surface area contributed by atoms with Crippen LogP contribution in [0.4, 0.5) is 24.5 Å². The van der Waals surface area contributed by atoms with Gasteiger partial charge in [-0.25, -0.2) is 4.98 Å². The van der Waals surface area contributed by atoms with E-state index in [1.54, 1.807) is 0 Å². The number of carbonyl (C=O) groups is 1. The van der Waals surface area contributed by atoms with E-state index in [0.29, 0.717) is 16.1 Å². The van der Waals surface area contributed by atoms with Crippen LogP contribution in [0.15, 0.2) is 76.7 Å². The van der Waals surface area contributed by atoms with Crippen molar-refractivity contribution in [3.05, 3.63) is 93.2 Å². The predicted molar refractivity (Wildman–Crippen MR) is 153 cm³/mol. The summed E-state index contributed by atoms with van der Waals surface area (Å²) >= 11 is 7.06. The highest BCUT2D eigenvalue weighted by atomic mass is 35.5. The van der Waals surface area contributed by atoms with E-state index in [1.807, 2.05) is 48.5 Å². The number of benzene rings is 3. The number of hydrogen-bond donors (Lipinski definition) is 1. The number of aromatic nitrogens is 2. The number of alkyl halides is 3. The molecule has 5 rings (SSSR count). The molecule has 2 heterocycles. The summed E-state index contributed by atoms with van der Waals surface area (Å²) in [7, 11) is 0. The Kier molecular flexibility index (Phi) is 8.37. The molecule has 40 heavy (non-hydrogen) atoms. The molecule has 6 nitrogen and oxygen atoms in total. The summed E-state index contributed by atoms with van der Waals surface area (Å²) in [5.41, 5.74) is 1.10. The Morgan fingerprint density at radius 1 is 1.00 bits per heavy atom. The van der Waals surface area contributed by atoms with E-state index in [-0.39, 0.29) is 28.6 Å². The van der Waals surface area contributed by atoms with Crippen molar-refractivity contribution >= 4 is 51.5 Å². The van der Waals surface area contributed by atoms with Crippen molar-refractivity contribution in [3.8, 4) is 0 Å². The normalized spacial score (nSPS) is 13.9. The van der Waals surface area contributed by atoms with E-state index in [2.05, 4.69) is 10.2 Å². The molecule has 4 aromatic rings. The maximum atomic E-state index is 13.8. The first kappa shape index (κ1) is 28.0. The molecule has 1 aliphatic heterocycles. The number of nitrogens with one attached hydrogen (secondary N) is 1. The minimum atomic E-state index is -4.57. The fraction of sp³-hybridized carbons (Fsp3) is 0.276. The second kappa shape index (κ2) is 11.9. The van der Waals surface area contributed by atoms with Crippen LogP contribution in [-0.4, -0.2) is 34.3 Å². The van der Waals surface area contributed by atoms with E-state index >= 15 is 0 Å². The number of piperidine rings is 1. The van der Waals surface area contributed by atoms with Crippen LogP contribution in [0.1, 0.15) is 30.4 Å². The van der Waals surface area contributed by atoms with E-state index < -0.39 is 17.6 Å². The molecule has 208 valence electrons. The van der Waals surface area contributed by atoms with Crippen LogP contribution < -0.4 is 15.8 Å². The Bertz CT molecular complexity index is 1590. The molecule has 0 radical (unpaired) electrons. The molecule has 1 aromatic heterocycles. The van der Waals surface area contributed by atoms with Crippen molar-refractivity contribution in [1.29, 1.82) is 0 Å². The monoisotopic (exact) mass is 586 g/mol. The molecule has 0 saturated carbocycles. The summed E-state index contributed by atoms with van der Waals surface area (Å²) in [6.45, 7) is 2.13. The molecular weight excluding hydrogens is 561 g/mol. The molecule has 0 bridgehead atoms. The van der Waals surface area contributed by atoms with Crippen molar-refractivity contribution in [3.63, 3.8) is 0 Å². The van der Waals surface area contributed by atoms with Crippen molar-refractivity contribution in [1.82, 2.24) is 9.55 Å². The Balaban J connectivity index is 1.43. The lowest BCUT2D eigenvalue weighted by atomic mass is 10.1. The van der Waals surface area contributed by atoms with Crippen LogP contribution in [0.3, 0.4) is 0 Å². The summed E-state index contributed by atoms with van der Waals surface area (Å²) < 4.78 is 40.9. The van der Waals surface area contributed by atoms with Crippen LogP contribution in [0.5, 0.6) is 0 Å². The van der Waals surface area contributed by atoms with Crippen LogP contribution in [-0.2, 0) is 17.5 Å². The zero-order valence-corrected chi connectivity index (χ0v) is 23.0. The number of amides is 1. The van der Waals surface area contributed by atoms with Gasteiger partial charge < -0.3 is 10.2 Å². The molecule has 0 unspecified atom stereocenters. The predicted octanol–water partition coefficient (Wildman–Crippen LogP) is 6.84. The zero-order chi connectivity index (χ0) is 28.3. The third-order valence-electron chi connectivity index (χ3n) is 6.71. The van der Waals surface area contributed by atoms with E-state index in [0.717, 1.165) is 67.1 Å². The molecular formula is C29H26ClF3N4O2S. The highest BCUT2D eigenvalue weighted by Crippen LogP contribution is 2.34. The molecule has 0 aliphatic carbocycles.